The maximum Gasteiger partial charge on any atom is 0.234 e. The summed E-state index contributed by atoms with van der Waals surface area (Å²) in [4.78, 5) is 28.7. The lowest BCUT2D eigenvalue weighted by Crippen LogP contribution is -2.35. The Labute approximate surface area is 199 Å². The highest BCUT2D eigenvalue weighted by Crippen LogP contribution is 2.49. The van der Waals surface area contributed by atoms with Gasteiger partial charge >= 0.3 is 0 Å². The van der Waals surface area contributed by atoms with Gasteiger partial charge in [-0.25, -0.2) is 0 Å². The maximum atomic E-state index is 13.6. The maximum absolute atomic E-state index is 13.6. The minimum absolute atomic E-state index is 0.118. The zero-order valence-electron chi connectivity index (χ0n) is 19.0. The number of likely N-dealkylation sites (tertiary alicyclic amines) is 1. The first-order valence-electron chi connectivity index (χ1n) is 11.6. The van der Waals surface area contributed by atoms with Crippen LogP contribution in [0.25, 0.3) is 0 Å². The normalized spacial score (nSPS) is 23.6. The van der Waals surface area contributed by atoms with Gasteiger partial charge in [-0.15, -0.1) is 0 Å². The van der Waals surface area contributed by atoms with E-state index < -0.39 is 11.8 Å². The zero-order chi connectivity index (χ0) is 23.5. The standard InChI is InChI=1S/C29H27NO4/c1-33-22-12-14-23(15-13-22)34-19-18-30-28(31)26-24(20-8-4-2-5-9-20)16-17-25(27(26)29(30)32)21-10-6-3-7-11-21/h2-17,24-27H,18-19H2,1H3/t24-,25+,26+,27-. The summed E-state index contributed by atoms with van der Waals surface area (Å²) < 4.78 is 11.0. The number of methoxy groups -OCH3 is 1. The molecular weight excluding hydrogens is 426 g/mol. The first-order valence-corrected chi connectivity index (χ1v) is 11.6. The van der Waals surface area contributed by atoms with Gasteiger partial charge in [0.25, 0.3) is 0 Å². The molecule has 4 atom stereocenters. The van der Waals surface area contributed by atoms with Gasteiger partial charge in [-0.2, -0.15) is 0 Å². The molecule has 1 heterocycles. The van der Waals surface area contributed by atoms with Crippen LogP contribution in [0.2, 0.25) is 0 Å². The predicted molar refractivity (Wildman–Crippen MR) is 130 cm³/mol. The van der Waals surface area contributed by atoms with Crippen LogP contribution >= 0.6 is 0 Å². The SMILES string of the molecule is COc1ccc(OCCN2C(=O)[C@@H]3[C@H](C2=O)[C@H](c2ccccc2)C=C[C@@H]3c2ccccc2)cc1. The molecule has 1 fully saturated rings. The third-order valence-electron chi connectivity index (χ3n) is 6.80. The second-order valence-electron chi connectivity index (χ2n) is 8.66. The number of carbonyl (C=O) groups excluding carboxylic acids is 2. The van der Waals surface area contributed by atoms with Crippen molar-refractivity contribution in [3.63, 3.8) is 0 Å². The molecule has 1 saturated heterocycles. The van der Waals surface area contributed by atoms with Crippen molar-refractivity contribution in [3.8, 4) is 11.5 Å². The van der Waals surface area contributed by atoms with Crippen LogP contribution in [0.1, 0.15) is 23.0 Å². The van der Waals surface area contributed by atoms with Crippen molar-refractivity contribution in [3.05, 3.63) is 108 Å². The molecule has 5 nitrogen and oxygen atoms in total. The van der Waals surface area contributed by atoms with Gasteiger partial charge in [0, 0.05) is 11.8 Å². The van der Waals surface area contributed by atoms with Gasteiger partial charge in [-0.1, -0.05) is 72.8 Å². The molecule has 0 unspecified atom stereocenters. The van der Waals surface area contributed by atoms with Crippen molar-refractivity contribution in [2.45, 2.75) is 11.8 Å². The van der Waals surface area contributed by atoms with Crippen molar-refractivity contribution in [1.82, 2.24) is 4.90 Å². The number of nitrogens with zero attached hydrogens (tertiary/aromatic N) is 1. The molecule has 5 rings (SSSR count). The van der Waals surface area contributed by atoms with E-state index in [0.29, 0.717) is 5.75 Å². The number of hydrogen-bond acceptors (Lipinski definition) is 4. The molecule has 1 aliphatic heterocycles. The van der Waals surface area contributed by atoms with Gasteiger partial charge < -0.3 is 9.47 Å². The Morgan fingerprint density at radius 3 is 1.62 bits per heavy atom. The third kappa shape index (κ3) is 4.10. The van der Waals surface area contributed by atoms with E-state index in [0.717, 1.165) is 16.9 Å². The average molecular weight is 454 g/mol. The molecule has 0 saturated carbocycles. The fourth-order valence-electron chi connectivity index (χ4n) is 5.14. The third-order valence-corrected chi connectivity index (χ3v) is 6.80. The predicted octanol–water partition coefficient (Wildman–Crippen LogP) is 4.81. The van der Waals surface area contributed by atoms with Crippen molar-refractivity contribution >= 4 is 11.8 Å². The number of rotatable bonds is 7. The molecule has 0 bridgehead atoms. The lowest BCUT2D eigenvalue weighted by Gasteiger charge is -2.32. The molecule has 2 amide bonds. The van der Waals surface area contributed by atoms with E-state index in [1.54, 1.807) is 7.11 Å². The molecule has 0 aromatic heterocycles. The number of fused-ring (bicyclic) bond motifs is 1. The Balaban J connectivity index is 1.39. The second kappa shape index (κ2) is 9.56. The van der Waals surface area contributed by atoms with Gasteiger partial charge in [0.15, 0.2) is 0 Å². The largest absolute Gasteiger partial charge is 0.497 e. The molecule has 0 N–H and O–H groups in total. The van der Waals surface area contributed by atoms with Crippen LogP contribution in [0, 0.1) is 11.8 Å². The van der Waals surface area contributed by atoms with Crippen LogP contribution in [0.3, 0.4) is 0 Å². The van der Waals surface area contributed by atoms with Crippen LogP contribution in [-0.4, -0.2) is 37.0 Å². The summed E-state index contributed by atoms with van der Waals surface area (Å²) in [5.41, 5.74) is 2.11. The Bertz CT molecular complexity index is 1110. The van der Waals surface area contributed by atoms with E-state index in [1.165, 1.54) is 4.90 Å². The fourth-order valence-corrected chi connectivity index (χ4v) is 5.14. The lowest BCUT2D eigenvalue weighted by atomic mass is 9.68. The van der Waals surface area contributed by atoms with Crippen molar-refractivity contribution < 1.29 is 19.1 Å². The van der Waals surface area contributed by atoms with E-state index in [4.69, 9.17) is 9.47 Å². The highest BCUT2D eigenvalue weighted by Gasteiger charge is 2.54. The molecule has 0 radical (unpaired) electrons. The number of ether oxygens (including phenoxy) is 2. The first kappa shape index (κ1) is 22.0. The Morgan fingerprint density at radius 1 is 0.676 bits per heavy atom. The van der Waals surface area contributed by atoms with E-state index in [9.17, 15) is 9.59 Å². The fraction of sp³-hybridized carbons (Fsp3) is 0.241. The monoisotopic (exact) mass is 453 g/mol. The van der Waals surface area contributed by atoms with E-state index >= 15 is 0 Å². The first-order chi connectivity index (χ1) is 16.7. The highest BCUT2D eigenvalue weighted by atomic mass is 16.5. The smallest absolute Gasteiger partial charge is 0.234 e. The number of amides is 2. The number of benzene rings is 3. The molecule has 172 valence electrons. The average Bonchev–Trinajstić information content (AvgIpc) is 3.15. The summed E-state index contributed by atoms with van der Waals surface area (Å²) in [6.45, 7) is 0.461. The zero-order valence-corrected chi connectivity index (χ0v) is 19.0. The summed E-state index contributed by atoms with van der Waals surface area (Å²) in [5, 5.41) is 0. The van der Waals surface area contributed by atoms with Crippen LogP contribution in [0.15, 0.2) is 97.1 Å². The van der Waals surface area contributed by atoms with Gasteiger partial charge in [0.2, 0.25) is 11.8 Å². The molecular formula is C29H27NO4. The van der Waals surface area contributed by atoms with E-state index in [1.807, 2.05) is 84.9 Å². The number of hydrogen-bond donors (Lipinski definition) is 0. The summed E-state index contributed by atoms with van der Waals surface area (Å²) in [6, 6.07) is 27.2. The summed E-state index contributed by atoms with van der Waals surface area (Å²) >= 11 is 0. The minimum Gasteiger partial charge on any atom is -0.497 e. The number of carbonyl (C=O) groups is 2. The number of imide groups is 1. The Morgan fingerprint density at radius 2 is 1.15 bits per heavy atom. The topological polar surface area (TPSA) is 55.8 Å². The van der Waals surface area contributed by atoms with E-state index in [2.05, 4.69) is 12.2 Å². The van der Waals surface area contributed by atoms with Crippen molar-refractivity contribution in [1.29, 1.82) is 0 Å². The molecule has 3 aromatic rings. The highest BCUT2D eigenvalue weighted by molar-refractivity contribution is 6.06. The van der Waals surface area contributed by atoms with Crippen molar-refractivity contribution in [2.75, 3.05) is 20.3 Å². The van der Waals surface area contributed by atoms with Gasteiger partial charge in [0.1, 0.15) is 18.1 Å². The second-order valence-corrected chi connectivity index (χ2v) is 8.66. The van der Waals surface area contributed by atoms with Crippen LogP contribution < -0.4 is 9.47 Å². The molecule has 34 heavy (non-hydrogen) atoms. The molecule has 0 spiro atoms. The van der Waals surface area contributed by atoms with Crippen molar-refractivity contribution in [2.24, 2.45) is 11.8 Å². The molecule has 3 aromatic carbocycles. The lowest BCUT2D eigenvalue weighted by molar-refractivity contribution is -0.140. The molecule has 2 aliphatic rings. The summed E-state index contributed by atoms with van der Waals surface area (Å²) in [5.74, 6) is 0.0680. The van der Waals surface area contributed by atoms with E-state index in [-0.39, 0.29) is 36.8 Å². The number of allylic oxidation sites excluding steroid dienone is 2. The summed E-state index contributed by atoms with van der Waals surface area (Å²) in [6.07, 6.45) is 4.22. The van der Waals surface area contributed by atoms with Crippen LogP contribution in [0.5, 0.6) is 11.5 Å². The van der Waals surface area contributed by atoms with Gasteiger partial charge in [0.05, 0.1) is 25.5 Å². The Kier molecular flexibility index (Phi) is 6.17. The molecule has 5 heteroatoms. The minimum atomic E-state index is -0.425. The molecule has 1 aliphatic carbocycles. The quantitative estimate of drug-likeness (QED) is 0.381. The van der Waals surface area contributed by atoms with Crippen LogP contribution in [0.4, 0.5) is 0 Å². The Hall–Kier alpha value is -3.86. The van der Waals surface area contributed by atoms with Crippen LogP contribution in [-0.2, 0) is 9.59 Å². The van der Waals surface area contributed by atoms with Gasteiger partial charge in [-0.3, -0.25) is 14.5 Å². The summed E-state index contributed by atoms with van der Waals surface area (Å²) in [7, 11) is 1.61. The van der Waals surface area contributed by atoms with Gasteiger partial charge in [-0.05, 0) is 35.4 Å².